The second-order valence-electron chi connectivity index (χ2n) is 7.10. The third-order valence-electron chi connectivity index (χ3n) is 5.03. The first-order valence-corrected chi connectivity index (χ1v) is 10.9. The minimum absolute atomic E-state index is 0.0367. The Bertz CT molecular complexity index is 1180. The molecule has 0 fully saturated rings. The van der Waals surface area contributed by atoms with Gasteiger partial charge in [-0.15, -0.1) is 0 Å². The Morgan fingerprint density at radius 3 is 2.69 bits per heavy atom. The average Bonchev–Trinajstić information content (AvgIpc) is 3.12. The quantitative estimate of drug-likeness (QED) is 0.715. The van der Waals surface area contributed by atoms with E-state index in [9.17, 15) is 13.2 Å². The van der Waals surface area contributed by atoms with Crippen LogP contribution < -0.4 is 9.62 Å². The summed E-state index contributed by atoms with van der Waals surface area (Å²) >= 11 is 0. The van der Waals surface area contributed by atoms with Gasteiger partial charge in [0.05, 0.1) is 16.3 Å². The second kappa shape index (κ2) is 7.36. The third kappa shape index (κ3) is 3.75. The Labute approximate surface area is 170 Å². The van der Waals surface area contributed by atoms with Gasteiger partial charge >= 0.3 is 0 Å². The Balaban J connectivity index is 1.63. The maximum atomic E-state index is 13.0. The molecule has 7 nitrogen and oxygen atoms in total. The molecule has 0 unspecified atom stereocenters. The molecule has 8 heteroatoms. The summed E-state index contributed by atoms with van der Waals surface area (Å²) in [5.74, 6) is -0.0367. The van der Waals surface area contributed by atoms with Crippen LogP contribution in [0.3, 0.4) is 0 Å². The van der Waals surface area contributed by atoms with Gasteiger partial charge in [0.1, 0.15) is 0 Å². The molecule has 1 aliphatic rings. The maximum absolute atomic E-state index is 13.0. The first kappa shape index (κ1) is 19.2. The van der Waals surface area contributed by atoms with Crippen LogP contribution in [0.4, 0.5) is 11.4 Å². The summed E-state index contributed by atoms with van der Waals surface area (Å²) in [6, 6.07) is 13.9. The molecule has 29 heavy (non-hydrogen) atoms. The van der Waals surface area contributed by atoms with Crippen molar-refractivity contribution in [2.24, 2.45) is 0 Å². The smallest absolute Gasteiger partial charge is 0.261 e. The van der Waals surface area contributed by atoms with Crippen molar-refractivity contribution in [2.45, 2.75) is 31.6 Å². The number of hydrogen-bond donors (Lipinski definition) is 1. The number of amides is 1. The van der Waals surface area contributed by atoms with Crippen LogP contribution in [0.2, 0.25) is 0 Å². The molecule has 2 aromatic carbocycles. The molecular weight excluding hydrogens is 388 g/mol. The van der Waals surface area contributed by atoms with Crippen molar-refractivity contribution in [3.8, 4) is 5.69 Å². The molecule has 150 valence electrons. The van der Waals surface area contributed by atoms with E-state index in [4.69, 9.17) is 0 Å². The van der Waals surface area contributed by atoms with Gasteiger partial charge in [-0.05, 0) is 67.8 Å². The topological polar surface area (TPSA) is 84.3 Å². The third-order valence-corrected chi connectivity index (χ3v) is 6.41. The van der Waals surface area contributed by atoms with Gasteiger partial charge in [-0.2, -0.15) is 5.10 Å². The van der Waals surface area contributed by atoms with Crippen LogP contribution in [0.15, 0.2) is 59.6 Å². The van der Waals surface area contributed by atoms with Crippen LogP contribution in [-0.2, 0) is 21.2 Å². The van der Waals surface area contributed by atoms with E-state index in [2.05, 4.69) is 9.82 Å². The number of fused-ring (bicyclic) bond motifs is 1. The summed E-state index contributed by atoms with van der Waals surface area (Å²) in [6.07, 6.45) is 3.26. The number of aryl methyl sites for hydroxylation is 2. The van der Waals surface area contributed by atoms with E-state index in [0.717, 1.165) is 35.5 Å². The number of anilines is 2. The number of sulfonamides is 1. The van der Waals surface area contributed by atoms with E-state index in [-0.39, 0.29) is 10.8 Å². The highest BCUT2D eigenvalue weighted by molar-refractivity contribution is 7.92. The predicted octanol–water partition coefficient (Wildman–Crippen LogP) is 3.28. The number of hydrogen-bond acceptors (Lipinski definition) is 4. The molecule has 0 radical (unpaired) electrons. The van der Waals surface area contributed by atoms with Gasteiger partial charge in [0, 0.05) is 31.0 Å². The Morgan fingerprint density at radius 2 is 1.97 bits per heavy atom. The summed E-state index contributed by atoms with van der Waals surface area (Å²) in [5, 5.41) is 4.26. The highest BCUT2D eigenvalue weighted by Crippen LogP contribution is 2.30. The van der Waals surface area contributed by atoms with Gasteiger partial charge in [-0.25, -0.2) is 13.1 Å². The van der Waals surface area contributed by atoms with Gasteiger partial charge in [0.2, 0.25) is 5.91 Å². The van der Waals surface area contributed by atoms with Crippen molar-refractivity contribution in [3.63, 3.8) is 0 Å². The van der Waals surface area contributed by atoms with Crippen molar-refractivity contribution in [1.82, 2.24) is 9.78 Å². The molecule has 1 aliphatic heterocycles. The predicted molar refractivity (Wildman–Crippen MR) is 112 cm³/mol. The van der Waals surface area contributed by atoms with Crippen molar-refractivity contribution < 1.29 is 13.2 Å². The summed E-state index contributed by atoms with van der Waals surface area (Å²) in [6.45, 7) is 4.11. The lowest BCUT2D eigenvalue weighted by molar-refractivity contribution is -0.116. The molecule has 1 aromatic heterocycles. The fourth-order valence-electron chi connectivity index (χ4n) is 3.62. The SMILES string of the molecule is CC(=O)N1CCCc2cc(S(=O)(=O)Nc3cccc(-n4nccc4C)c3)ccc21. The first-order chi connectivity index (χ1) is 13.8. The molecule has 0 spiro atoms. The zero-order valence-corrected chi connectivity index (χ0v) is 17.1. The van der Waals surface area contributed by atoms with E-state index in [0.29, 0.717) is 12.2 Å². The van der Waals surface area contributed by atoms with E-state index in [1.807, 2.05) is 19.1 Å². The molecule has 0 bridgehead atoms. The fourth-order valence-corrected chi connectivity index (χ4v) is 4.72. The zero-order chi connectivity index (χ0) is 20.6. The summed E-state index contributed by atoms with van der Waals surface area (Å²) < 4.78 is 30.3. The lowest BCUT2D eigenvalue weighted by Gasteiger charge is -2.28. The number of aromatic nitrogens is 2. The maximum Gasteiger partial charge on any atom is 0.261 e. The highest BCUT2D eigenvalue weighted by atomic mass is 32.2. The zero-order valence-electron chi connectivity index (χ0n) is 16.3. The summed E-state index contributed by atoms with van der Waals surface area (Å²) in [4.78, 5) is 13.7. The number of rotatable bonds is 4. The number of nitrogens with one attached hydrogen (secondary N) is 1. The van der Waals surface area contributed by atoms with Crippen molar-refractivity contribution in [1.29, 1.82) is 0 Å². The van der Waals surface area contributed by atoms with Crippen LogP contribution in [-0.4, -0.2) is 30.7 Å². The van der Waals surface area contributed by atoms with Crippen molar-refractivity contribution in [2.75, 3.05) is 16.2 Å². The number of nitrogens with zero attached hydrogens (tertiary/aromatic N) is 3. The fraction of sp³-hybridized carbons (Fsp3) is 0.238. The first-order valence-electron chi connectivity index (χ1n) is 9.40. The van der Waals surface area contributed by atoms with E-state index >= 15 is 0 Å². The van der Waals surface area contributed by atoms with Gasteiger partial charge in [-0.1, -0.05) is 6.07 Å². The van der Waals surface area contributed by atoms with Crippen LogP contribution in [0.25, 0.3) is 5.69 Å². The van der Waals surface area contributed by atoms with Gasteiger partial charge in [0.15, 0.2) is 0 Å². The molecule has 0 saturated heterocycles. The minimum atomic E-state index is -3.76. The van der Waals surface area contributed by atoms with Gasteiger partial charge in [-0.3, -0.25) is 9.52 Å². The molecule has 4 rings (SSSR count). The van der Waals surface area contributed by atoms with Gasteiger partial charge in [0.25, 0.3) is 10.0 Å². The normalized spacial score (nSPS) is 13.8. The number of carbonyl (C=O) groups excluding carboxylic acids is 1. The lowest BCUT2D eigenvalue weighted by Crippen LogP contribution is -2.33. The summed E-state index contributed by atoms with van der Waals surface area (Å²) in [5.41, 5.74) is 3.85. The van der Waals surface area contributed by atoms with Crippen molar-refractivity contribution >= 4 is 27.3 Å². The standard InChI is InChI=1S/C21H22N4O3S/c1-15-10-11-22-25(15)19-7-3-6-18(14-19)23-29(27,28)20-8-9-21-17(13-20)5-4-12-24(21)16(2)26/h3,6-11,13-14,23H,4-5,12H2,1-2H3. The van der Waals surface area contributed by atoms with E-state index in [1.165, 1.54) is 6.92 Å². The van der Waals surface area contributed by atoms with E-state index in [1.54, 1.807) is 52.2 Å². The molecule has 1 amide bonds. The van der Waals surface area contributed by atoms with Crippen LogP contribution >= 0.6 is 0 Å². The Hall–Kier alpha value is -3.13. The minimum Gasteiger partial charge on any atom is -0.312 e. The molecule has 0 aliphatic carbocycles. The Kier molecular flexibility index (Phi) is 4.87. The lowest BCUT2D eigenvalue weighted by atomic mass is 10.0. The van der Waals surface area contributed by atoms with Crippen molar-refractivity contribution in [3.05, 3.63) is 66.0 Å². The Morgan fingerprint density at radius 1 is 1.14 bits per heavy atom. The second-order valence-corrected chi connectivity index (χ2v) is 8.79. The molecule has 3 aromatic rings. The highest BCUT2D eigenvalue weighted by Gasteiger charge is 2.23. The number of carbonyl (C=O) groups is 1. The van der Waals surface area contributed by atoms with E-state index < -0.39 is 10.0 Å². The molecule has 2 heterocycles. The van der Waals surface area contributed by atoms with Crippen LogP contribution in [0.1, 0.15) is 24.6 Å². The molecule has 0 atom stereocenters. The van der Waals surface area contributed by atoms with Crippen LogP contribution in [0.5, 0.6) is 0 Å². The molecule has 0 saturated carbocycles. The van der Waals surface area contributed by atoms with Gasteiger partial charge < -0.3 is 4.90 Å². The average molecular weight is 410 g/mol. The largest absolute Gasteiger partial charge is 0.312 e. The van der Waals surface area contributed by atoms with Crippen LogP contribution in [0, 0.1) is 6.92 Å². The molecule has 1 N–H and O–H groups in total. The monoisotopic (exact) mass is 410 g/mol. The number of benzene rings is 2. The molecular formula is C21H22N4O3S. The summed E-state index contributed by atoms with van der Waals surface area (Å²) in [7, 11) is -3.76.